The molecule has 0 atom stereocenters. The second-order valence-electron chi connectivity index (χ2n) is 7.54. The first-order valence-corrected chi connectivity index (χ1v) is 12.1. The van der Waals surface area contributed by atoms with Crippen LogP contribution in [-0.2, 0) is 16.5 Å². The van der Waals surface area contributed by atoms with E-state index in [9.17, 15) is 13.0 Å². The van der Waals surface area contributed by atoms with Crippen molar-refractivity contribution in [2.75, 3.05) is 27.2 Å². The third-order valence-corrected chi connectivity index (χ3v) is 5.55. The third kappa shape index (κ3) is 15.0. The van der Waals surface area contributed by atoms with Gasteiger partial charge in [-0.05, 0) is 38.6 Å². The van der Waals surface area contributed by atoms with Crippen LogP contribution in [0.25, 0.3) is 0 Å². The van der Waals surface area contributed by atoms with Gasteiger partial charge < -0.3 is 10.0 Å². The van der Waals surface area contributed by atoms with E-state index in [-0.39, 0.29) is 11.5 Å². The van der Waals surface area contributed by atoms with Crippen LogP contribution in [-0.4, -0.2) is 50.2 Å². The summed E-state index contributed by atoms with van der Waals surface area (Å²) in [5.41, 5.74) is 0.726. The predicted molar refractivity (Wildman–Crippen MR) is 117 cm³/mol. The van der Waals surface area contributed by atoms with Gasteiger partial charge in [-0.25, -0.2) is 0 Å². The van der Waals surface area contributed by atoms with Crippen LogP contribution >= 0.6 is 0 Å². The van der Waals surface area contributed by atoms with Crippen LogP contribution < -0.4 is 0 Å². The summed E-state index contributed by atoms with van der Waals surface area (Å²) in [5.74, 6) is 0. The molecule has 1 aromatic carbocycles. The highest BCUT2D eigenvalue weighted by Gasteiger charge is 2.13. The topological polar surface area (TPSA) is 77.8 Å². The van der Waals surface area contributed by atoms with Crippen molar-refractivity contribution >= 4 is 10.1 Å². The molecule has 0 unspecified atom stereocenters. The molecule has 0 aromatic heterocycles. The van der Waals surface area contributed by atoms with Crippen molar-refractivity contribution in [3.05, 3.63) is 29.8 Å². The molecule has 1 rings (SSSR count). The number of hydrogen-bond donors (Lipinski definition) is 2. The molecule has 0 amide bonds. The van der Waals surface area contributed by atoms with Gasteiger partial charge in [-0.15, -0.1) is 0 Å². The predicted octanol–water partition coefficient (Wildman–Crippen LogP) is 4.94. The molecule has 0 aliphatic carbocycles. The number of unbranched alkanes of at least 4 members (excludes halogenated alkanes) is 9. The Kier molecular flexibility index (Phi) is 16.4. The molecular formula is C22H41NO4S. The van der Waals surface area contributed by atoms with Gasteiger partial charge in [0, 0.05) is 6.54 Å². The van der Waals surface area contributed by atoms with Gasteiger partial charge in [0.25, 0.3) is 10.1 Å². The molecule has 28 heavy (non-hydrogen) atoms. The monoisotopic (exact) mass is 415 g/mol. The van der Waals surface area contributed by atoms with Crippen molar-refractivity contribution in [3.8, 4) is 0 Å². The fourth-order valence-electron chi connectivity index (χ4n) is 2.96. The van der Waals surface area contributed by atoms with Crippen molar-refractivity contribution in [3.63, 3.8) is 0 Å². The van der Waals surface area contributed by atoms with Gasteiger partial charge in [-0.3, -0.25) is 4.55 Å². The maximum absolute atomic E-state index is 11.3. The van der Waals surface area contributed by atoms with Crippen LogP contribution in [0.1, 0.15) is 76.7 Å². The highest BCUT2D eigenvalue weighted by Crippen LogP contribution is 2.18. The summed E-state index contributed by atoms with van der Waals surface area (Å²) in [7, 11) is -0.242. The highest BCUT2D eigenvalue weighted by atomic mass is 32.2. The number of rotatable bonds is 14. The maximum Gasteiger partial charge on any atom is 0.294 e. The van der Waals surface area contributed by atoms with Crippen LogP contribution in [0, 0.1) is 0 Å². The lowest BCUT2D eigenvalue weighted by Crippen LogP contribution is -2.15. The average molecular weight is 416 g/mol. The third-order valence-electron chi connectivity index (χ3n) is 4.60. The van der Waals surface area contributed by atoms with E-state index in [4.69, 9.17) is 5.11 Å². The minimum absolute atomic E-state index is 0.0610. The molecule has 6 heteroatoms. The minimum Gasteiger partial charge on any atom is -0.395 e. The number of aliphatic hydroxyl groups excluding tert-OH is 1. The quantitative estimate of drug-likeness (QED) is 0.332. The summed E-state index contributed by atoms with van der Waals surface area (Å²) in [4.78, 5) is 1.99. The van der Waals surface area contributed by atoms with Gasteiger partial charge in [0.2, 0.25) is 0 Å². The van der Waals surface area contributed by atoms with E-state index < -0.39 is 10.1 Å². The summed E-state index contributed by atoms with van der Waals surface area (Å²) in [5, 5.41) is 8.20. The summed E-state index contributed by atoms with van der Waals surface area (Å²) in [6, 6.07) is 6.73. The Morgan fingerprint density at radius 2 is 1.36 bits per heavy atom. The lowest BCUT2D eigenvalue weighted by Gasteiger charge is -2.07. The van der Waals surface area contributed by atoms with E-state index in [2.05, 4.69) is 6.92 Å². The zero-order valence-electron chi connectivity index (χ0n) is 18.1. The fraction of sp³-hybridized carbons (Fsp3) is 0.727. The molecule has 0 heterocycles. The van der Waals surface area contributed by atoms with Crippen LogP contribution in [0.15, 0.2) is 29.2 Å². The minimum atomic E-state index is -4.10. The highest BCUT2D eigenvalue weighted by molar-refractivity contribution is 7.85. The summed E-state index contributed by atoms with van der Waals surface area (Å²) in [6.07, 6.45) is 13.3. The van der Waals surface area contributed by atoms with Crippen LogP contribution in [0.3, 0.4) is 0 Å². The first-order valence-electron chi connectivity index (χ1n) is 10.6. The van der Waals surface area contributed by atoms with Crippen LogP contribution in [0.4, 0.5) is 0 Å². The van der Waals surface area contributed by atoms with E-state index in [0.717, 1.165) is 24.9 Å². The number of nitrogens with zero attached hydrogens (tertiary/aromatic N) is 1. The SMILES string of the molecule is CCCCCCCCCCCCc1ccccc1S(=O)(=O)O.CN(C)CCO. The molecule has 0 bridgehead atoms. The van der Waals surface area contributed by atoms with Crippen molar-refractivity contribution in [2.24, 2.45) is 0 Å². The van der Waals surface area contributed by atoms with Crippen molar-refractivity contribution in [1.82, 2.24) is 4.90 Å². The molecule has 0 radical (unpaired) electrons. The van der Waals surface area contributed by atoms with Gasteiger partial charge in [0.05, 0.1) is 11.5 Å². The Morgan fingerprint density at radius 3 is 1.79 bits per heavy atom. The molecule has 0 saturated heterocycles. The zero-order chi connectivity index (χ0) is 21.3. The van der Waals surface area contributed by atoms with Gasteiger partial charge in [0.15, 0.2) is 0 Å². The summed E-state index contributed by atoms with van der Waals surface area (Å²) in [6.45, 7) is 3.26. The molecule has 1 aromatic rings. The number of benzene rings is 1. The van der Waals surface area contributed by atoms with Crippen molar-refractivity contribution < 1.29 is 18.1 Å². The normalized spacial score (nSPS) is 11.4. The summed E-state index contributed by atoms with van der Waals surface area (Å²) < 4.78 is 31.8. The first kappa shape index (κ1) is 27.0. The van der Waals surface area contributed by atoms with E-state index in [1.165, 1.54) is 57.4 Å². The molecule has 164 valence electrons. The molecule has 0 spiro atoms. The first-order chi connectivity index (χ1) is 13.3. The largest absolute Gasteiger partial charge is 0.395 e. The number of aryl methyl sites for hydroxylation is 1. The van der Waals surface area contributed by atoms with Gasteiger partial charge in [-0.2, -0.15) is 8.42 Å². The van der Waals surface area contributed by atoms with Crippen LogP contribution in [0.5, 0.6) is 0 Å². The number of likely N-dealkylation sites (N-methyl/N-ethyl adjacent to an activating group) is 1. The van der Waals surface area contributed by atoms with E-state index in [1.807, 2.05) is 25.1 Å². The number of aliphatic hydroxyl groups is 1. The zero-order valence-corrected chi connectivity index (χ0v) is 18.9. The molecule has 5 nitrogen and oxygen atoms in total. The molecule has 0 saturated carbocycles. The maximum atomic E-state index is 11.3. The van der Waals surface area contributed by atoms with E-state index in [0.29, 0.717) is 6.42 Å². The molecule has 2 N–H and O–H groups in total. The van der Waals surface area contributed by atoms with Crippen molar-refractivity contribution in [1.29, 1.82) is 0 Å². The van der Waals surface area contributed by atoms with Crippen LogP contribution in [0.2, 0.25) is 0 Å². The molecule has 0 fully saturated rings. The standard InChI is InChI=1S/C18H30O3S.C4H11NO/c1-2-3-4-5-6-7-8-9-10-11-14-17-15-12-13-16-18(17)22(19,20)21;1-5(2)3-4-6/h12-13,15-16H,2-11,14H2,1H3,(H,19,20,21);6H,3-4H2,1-2H3. The smallest absolute Gasteiger partial charge is 0.294 e. The average Bonchev–Trinajstić information content (AvgIpc) is 2.63. The molecule has 0 aliphatic heterocycles. The molecular weight excluding hydrogens is 374 g/mol. The van der Waals surface area contributed by atoms with E-state index >= 15 is 0 Å². The second-order valence-corrected chi connectivity index (χ2v) is 8.93. The van der Waals surface area contributed by atoms with Gasteiger partial charge >= 0.3 is 0 Å². The Bertz CT molecular complexity index is 588. The Morgan fingerprint density at radius 1 is 0.857 bits per heavy atom. The van der Waals surface area contributed by atoms with E-state index in [1.54, 1.807) is 12.1 Å². The number of hydrogen-bond acceptors (Lipinski definition) is 4. The second kappa shape index (κ2) is 17.0. The lowest BCUT2D eigenvalue weighted by atomic mass is 10.0. The van der Waals surface area contributed by atoms with Gasteiger partial charge in [-0.1, -0.05) is 82.9 Å². The Labute approximate surface area is 172 Å². The Balaban J connectivity index is 0.00000105. The van der Waals surface area contributed by atoms with Gasteiger partial charge in [0.1, 0.15) is 0 Å². The summed E-state index contributed by atoms with van der Waals surface area (Å²) >= 11 is 0. The Hall–Kier alpha value is -0.950. The lowest BCUT2D eigenvalue weighted by molar-refractivity contribution is 0.243. The fourth-order valence-corrected chi connectivity index (χ4v) is 3.72. The van der Waals surface area contributed by atoms with Crippen molar-refractivity contribution in [2.45, 2.75) is 82.4 Å². The molecule has 0 aliphatic rings.